The van der Waals surface area contributed by atoms with Crippen LogP contribution < -0.4 is 0 Å². The summed E-state index contributed by atoms with van der Waals surface area (Å²) in [5, 5.41) is 10.0. The summed E-state index contributed by atoms with van der Waals surface area (Å²) >= 11 is 0. The van der Waals surface area contributed by atoms with Crippen LogP contribution in [0.4, 0.5) is 0 Å². The molecule has 1 unspecified atom stereocenters. The van der Waals surface area contributed by atoms with E-state index in [1.54, 1.807) is 12.4 Å². The summed E-state index contributed by atoms with van der Waals surface area (Å²) in [4.78, 5) is 3.97. The normalized spacial score (nSPS) is 18.3. The Balaban J connectivity index is 1.97. The van der Waals surface area contributed by atoms with Crippen molar-refractivity contribution in [1.82, 2.24) is 4.98 Å². The van der Waals surface area contributed by atoms with Crippen molar-refractivity contribution < 1.29 is 5.11 Å². The van der Waals surface area contributed by atoms with Gasteiger partial charge >= 0.3 is 0 Å². The van der Waals surface area contributed by atoms with Crippen LogP contribution in [0.25, 0.3) is 0 Å². The molecule has 0 radical (unpaired) electrons. The number of hydrogen-bond donors (Lipinski definition) is 1. The molecule has 2 heteroatoms. The number of aromatic nitrogens is 1. The highest BCUT2D eigenvalue weighted by Crippen LogP contribution is 2.22. The molecule has 1 aliphatic carbocycles. The van der Waals surface area contributed by atoms with Crippen molar-refractivity contribution in [3.8, 4) is 0 Å². The maximum atomic E-state index is 10.0. The van der Waals surface area contributed by atoms with Crippen molar-refractivity contribution in [3.63, 3.8) is 0 Å². The zero-order chi connectivity index (χ0) is 10.5. The molecule has 0 aliphatic heterocycles. The van der Waals surface area contributed by atoms with E-state index in [1.165, 1.54) is 18.4 Å². The molecule has 0 amide bonds. The molecular weight excluding hydrogens is 186 g/mol. The van der Waals surface area contributed by atoms with E-state index in [0.717, 1.165) is 18.4 Å². The average Bonchev–Trinajstić information content (AvgIpc) is 2.31. The number of pyridine rings is 1. The lowest BCUT2D eigenvalue weighted by molar-refractivity contribution is 0.204. The topological polar surface area (TPSA) is 33.1 Å². The van der Waals surface area contributed by atoms with E-state index >= 15 is 0 Å². The number of aliphatic hydroxyl groups is 1. The van der Waals surface area contributed by atoms with E-state index in [4.69, 9.17) is 0 Å². The Bertz CT molecular complexity index is 332. The third-order valence-corrected chi connectivity index (χ3v) is 2.93. The molecule has 0 bridgehead atoms. The van der Waals surface area contributed by atoms with E-state index in [1.807, 2.05) is 12.1 Å². The van der Waals surface area contributed by atoms with Gasteiger partial charge in [0.25, 0.3) is 0 Å². The van der Waals surface area contributed by atoms with Crippen LogP contribution in [0, 0.1) is 0 Å². The highest BCUT2D eigenvalue weighted by molar-refractivity contribution is 5.18. The molecule has 1 aliphatic rings. The zero-order valence-electron chi connectivity index (χ0n) is 8.89. The van der Waals surface area contributed by atoms with Crippen LogP contribution in [-0.2, 0) is 6.42 Å². The SMILES string of the molecule is OC(Cc1ccncc1)C1=CCCCC1. The van der Waals surface area contributed by atoms with Gasteiger partial charge in [0, 0.05) is 18.8 Å². The van der Waals surface area contributed by atoms with Gasteiger partial charge in [-0.1, -0.05) is 6.08 Å². The van der Waals surface area contributed by atoms with Gasteiger partial charge in [-0.2, -0.15) is 0 Å². The molecular formula is C13H17NO. The van der Waals surface area contributed by atoms with Gasteiger partial charge < -0.3 is 5.11 Å². The molecule has 0 aromatic carbocycles. The molecule has 2 nitrogen and oxygen atoms in total. The number of hydrogen-bond acceptors (Lipinski definition) is 2. The average molecular weight is 203 g/mol. The first-order valence-corrected chi connectivity index (χ1v) is 5.62. The largest absolute Gasteiger partial charge is 0.388 e. The third-order valence-electron chi connectivity index (χ3n) is 2.93. The lowest BCUT2D eigenvalue weighted by atomic mass is 9.92. The maximum Gasteiger partial charge on any atom is 0.0790 e. The Kier molecular flexibility index (Phi) is 3.51. The molecule has 1 aromatic rings. The number of rotatable bonds is 3. The molecule has 1 heterocycles. The minimum atomic E-state index is -0.298. The standard InChI is InChI=1S/C13H17NO/c15-13(12-4-2-1-3-5-12)10-11-6-8-14-9-7-11/h4,6-9,13,15H,1-3,5,10H2. The fraction of sp³-hybridized carbons (Fsp3) is 0.462. The zero-order valence-corrected chi connectivity index (χ0v) is 8.89. The summed E-state index contributed by atoms with van der Waals surface area (Å²) in [5.41, 5.74) is 2.38. The molecule has 1 aromatic heterocycles. The molecule has 0 fully saturated rings. The minimum absolute atomic E-state index is 0.298. The van der Waals surface area contributed by atoms with E-state index in [-0.39, 0.29) is 6.10 Å². The summed E-state index contributed by atoms with van der Waals surface area (Å²) < 4.78 is 0. The molecule has 2 rings (SSSR count). The van der Waals surface area contributed by atoms with Crippen LogP contribution >= 0.6 is 0 Å². The Hall–Kier alpha value is -1.15. The van der Waals surface area contributed by atoms with E-state index < -0.39 is 0 Å². The van der Waals surface area contributed by atoms with E-state index in [0.29, 0.717) is 6.42 Å². The fourth-order valence-corrected chi connectivity index (χ4v) is 2.04. The van der Waals surface area contributed by atoms with Crippen LogP contribution in [-0.4, -0.2) is 16.2 Å². The summed E-state index contributed by atoms with van der Waals surface area (Å²) in [6.45, 7) is 0. The van der Waals surface area contributed by atoms with Crippen molar-refractivity contribution in [2.24, 2.45) is 0 Å². The van der Waals surface area contributed by atoms with Crippen molar-refractivity contribution in [2.75, 3.05) is 0 Å². The van der Waals surface area contributed by atoms with Crippen LogP contribution in [0.2, 0.25) is 0 Å². The third kappa shape index (κ3) is 2.90. The minimum Gasteiger partial charge on any atom is -0.388 e. The lowest BCUT2D eigenvalue weighted by Gasteiger charge is -2.18. The number of nitrogens with zero attached hydrogens (tertiary/aromatic N) is 1. The second kappa shape index (κ2) is 5.08. The van der Waals surface area contributed by atoms with Crippen molar-refractivity contribution in [1.29, 1.82) is 0 Å². The van der Waals surface area contributed by atoms with Crippen LogP contribution in [0.1, 0.15) is 31.2 Å². The molecule has 80 valence electrons. The maximum absolute atomic E-state index is 10.0. The van der Waals surface area contributed by atoms with Crippen LogP contribution in [0.15, 0.2) is 36.2 Å². The predicted octanol–water partition coefficient (Wildman–Crippen LogP) is 2.49. The van der Waals surface area contributed by atoms with Crippen molar-refractivity contribution in [2.45, 2.75) is 38.2 Å². The number of allylic oxidation sites excluding steroid dienone is 1. The van der Waals surface area contributed by atoms with Gasteiger partial charge in [0.1, 0.15) is 0 Å². The van der Waals surface area contributed by atoms with Gasteiger partial charge in [-0.05, 0) is 49.0 Å². The lowest BCUT2D eigenvalue weighted by Crippen LogP contribution is -2.15. The first-order chi connectivity index (χ1) is 7.36. The molecule has 15 heavy (non-hydrogen) atoms. The molecule has 0 spiro atoms. The first kappa shape index (κ1) is 10.4. The molecule has 1 N–H and O–H groups in total. The molecule has 0 saturated heterocycles. The fourth-order valence-electron chi connectivity index (χ4n) is 2.04. The van der Waals surface area contributed by atoms with Gasteiger partial charge in [0.2, 0.25) is 0 Å². The van der Waals surface area contributed by atoms with E-state index in [2.05, 4.69) is 11.1 Å². The van der Waals surface area contributed by atoms with Gasteiger partial charge in [-0.25, -0.2) is 0 Å². The molecule has 1 atom stereocenters. The monoisotopic (exact) mass is 203 g/mol. The van der Waals surface area contributed by atoms with Crippen molar-refractivity contribution in [3.05, 3.63) is 41.7 Å². The first-order valence-electron chi connectivity index (χ1n) is 5.62. The highest BCUT2D eigenvalue weighted by Gasteiger charge is 2.13. The van der Waals surface area contributed by atoms with Gasteiger partial charge in [0.15, 0.2) is 0 Å². The van der Waals surface area contributed by atoms with Crippen LogP contribution in [0.3, 0.4) is 0 Å². The van der Waals surface area contributed by atoms with Gasteiger partial charge in [0.05, 0.1) is 6.10 Å². The molecule has 0 saturated carbocycles. The Labute approximate surface area is 90.7 Å². The second-order valence-electron chi connectivity index (χ2n) is 4.10. The predicted molar refractivity (Wildman–Crippen MR) is 60.5 cm³/mol. The van der Waals surface area contributed by atoms with E-state index in [9.17, 15) is 5.11 Å². The number of aliphatic hydroxyl groups excluding tert-OH is 1. The summed E-state index contributed by atoms with van der Waals surface area (Å²) in [5.74, 6) is 0. The highest BCUT2D eigenvalue weighted by atomic mass is 16.3. The van der Waals surface area contributed by atoms with Crippen molar-refractivity contribution >= 4 is 0 Å². The Morgan fingerprint density at radius 3 is 2.73 bits per heavy atom. The summed E-state index contributed by atoms with van der Waals surface area (Å²) in [7, 11) is 0. The summed E-state index contributed by atoms with van der Waals surface area (Å²) in [6.07, 6.45) is 10.9. The summed E-state index contributed by atoms with van der Waals surface area (Å²) in [6, 6.07) is 3.93. The Morgan fingerprint density at radius 2 is 2.07 bits per heavy atom. The van der Waals surface area contributed by atoms with Crippen LogP contribution in [0.5, 0.6) is 0 Å². The quantitative estimate of drug-likeness (QED) is 0.766. The van der Waals surface area contributed by atoms with Gasteiger partial charge in [-0.3, -0.25) is 4.98 Å². The van der Waals surface area contributed by atoms with Gasteiger partial charge in [-0.15, -0.1) is 0 Å². The Morgan fingerprint density at radius 1 is 1.27 bits per heavy atom. The smallest absolute Gasteiger partial charge is 0.0790 e. The second-order valence-corrected chi connectivity index (χ2v) is 4.10.